The standard InChI is InChI=1S/C23H19N5O/c1-17-8-10-18(11-9-17)22(29)27-19-5-2-6-20(15-19)28(21-7-3-12-24-16-21)23-25-13-4-14-26-23/h2-16H,1H3,(H,27,29). The van der Waals surface area contributed by atoms with E-state index in [9.17, 15) is 4.79 Å². The highest BCUT2D eigenvalue weighted by atomic mass is 16.1. The molecule has 0 aliphatic heterocycles. The molecule has 0 saturated heterocycles. The lowest BCUT2D eigenvalue weighted by Gasteiger charge is -2.23. The van der Waals surface area contributed by atoms with E-state index in [2.05, 4.69) is 20.3 Å². The normalized spacial score (nSPS) is 10.4. The molecule has 0 spiro atoms. The van der Waals surface area contributed by atoms with Gasteiger partial charge in [0, 0.05) is 29.8 Å². The van der Waals surface area contributed by atoms with Crippen molar-refractivity contribution >= 4 is 28.9 Å². The molecule has 0 unspecified atom stereocenters. The van der Waals surface area contributed by atoms with Gasteiger partial charge in [-0.15, -0.1) is 0 Å². The van der Waals surface area contributed by atoms with Crippen molar-refractivity contribution in [3.05, 3.63) is 103 Å². The number of nitrogens with one attached hydrogen (secondary N) is 1. The highest BCUT2D eigenvalue weighted by Gasteiger charge is 2.15. The maximum absolute atomic E-state index is 12.6. The van der Waals surface area contributed by atoms with Crippen molar-refractivity contribution in [2.45, 2.75) is 6.92 Å². The summed E-state index contributed by atoms with van der Waals surface area (Å²) in [5, 5.41) is 2.95. The van der Waals surface area contributed by atoms with E-state index in [-0.39, 0.29) is 5.91 Å². The van der Waals surface area contributed by atoms with Crippen LogP contribution in [0.1, 0.15) is 15.9 Å². The number of benzene rings is 2. The molecule has 142 valence electrons. The largest absolute Gasteiger partial charge is 0.322 e. The van der Waals surface area contributed by atoms with E-state index in [4.69, 9.17) is 0 Å². The van der Waals surface area contributed by atoms with Gasteiger partial charge in [-0.25, -0.2) is 9.97 Å². The lowest BCUT2D eigenvalue weighted by Crippen LogP contribution is -2.15. The molecule has 1 amide bonds. The molecule has 0 bridgehead atoms. The second-order valence-corrected chi connectivity index (χ2v) is 6.47. The van der Waals surface area contributed by atoms with Gasteiger partial charge in [-0.1, -0.05) is 23.8 Å². The lowest BCUT2D eigenvalue weighted by molar-refractivity contribution is 0.102. The van der Waals surface area contributed by atoms with Crippen molar-refractivity contribution in [3.63, 3.8) is 0 Å². The molecule has 0 fully saturated rings. The highest BCUT2D eigenvalue weighted by molar-refractivity contribution is 6.04. The summed E-state index contributed by atoms with van der Waals surface area (Å²) in [5.74, 6) is 0.355. The number of hydrogen-bond acceptors (Lipinski definition) is 5. The van der Waals surface area contributed by atoms with Crippen molar-refractivity contribution in [3.8, 4) is 0 Å². The average Bonchev–Trinajstić information content (AvgIpc) is 2.76. The Balaban J connectivity index is 1.66. The van der Waals surface area contributed by atoms with Crippen LogP contribution >= 0.6 is 0 Å². The summed E-state index contributed by atoms with van der Waals surface area (Å²) in [7, 11) is 0. The third-order valence-electron chi connectivity index (χ3n) is 4.33. The van der Waals surface area contributed by atoms with E-state index < -0.39 is 0 Å². The number of carbonyl (C=O) groups is 1. The summed E-state index contributed by atoms with van der Waals surface area (Å²) in [6.45, 7) is 1.99. The van der Waals surface area contributed by atoms with Crippen molar-refractivity contribution in [1.82, 2.24) is 15.0 Å². The van der Waals surface area contributed by atoms with Crippen LogP contribution in [0.2, 0.25) is 0 Å². The van der Waals surface area contributed by atoms with Crippen LogP contribution in [-0.4, -0.2) is 20.9 Å². The fourth-order valence-corrected chi connectivity index (χ4v) is 2.90. The van der Waals surface area contributed by atoms with Crippen LogP contribution in [0, 0.1) is 6.92 Å². The molecule has 1 N–H and O–H groups in total. The van der Waals surface area contributed by atoms with Crippen LogP contribution in [-0.2, 0) is 0 Å². The zero-order valence-electron chi connectivity index (χ0n) is 15.9. The average molecular weight is 381 g/mol. The number of rotatable bonds is 5. The Morgan fingerprint density at radius 2 is 1.62 bits per heavy atom. The number of amides is 1. The van der Waals surface area contributed by atoms with Gasteiger partial charge in [0.15, 0.2) is 0 Å². The molecule has 29 heavy (non-hydrogen) atoms. The minimum Gasteiger partial charge on any atom is -0.322 e. The van der Waals surface area contributed by atoms with Crippen LogP contribution in [0.4, 0.5) is 23.0 Å². The van der Waals surface area contributed by atoms with Crippen molar-refractivity contribution < 1.29 is 4.79 Å². The first-order chi connectivity index (χ1) is 14.2. The Labute approximate surface area is 168 Å². The molecule has 0 aliphatic carbocycles. The summed E-state index contributed by atoms with van der Waals surface area (Å²) < 4.78 is 0. The quantitative estimate of drug-likeness (QED) is 0.532. The van der Waals surface area contributed by atoms with Gasteiger partial charge < -0.3 is 5.32 Å². The molecule has 0 aliphatic rings. The Hall–Kier alpha value is -4.06. The summed E-state index contributed by atoms with van der Waals surface area (Å²) in [5.41, 5.74) is 4.03. The number of pyridine rings is 1. The monoisotopic (exact) mass is 381 g/mol. The SMILES string of the molecule is Cc1ccc(C(=O)Nc2cccc(N(c3cccnc3)c3ncccn3)c2)cc1. The van der Waals surface area contributed by atoms with Crippen molar-refractivity contribution in [1.29, 1.82) is 0 Å². The fraction of sp³-hybridized carbons (Fsp3) is 0.0435. The Kier molecular flexibility index (Phi) is 5.25. The maximum atomic E-state index is 12.6. The molecule has 2 aromatic carbocycles. The predicted molar refractivity (Wildman–Crippen MR) is 114 cm³/mol. The van der Waals surface area contributed by atoms with E-state index in [0.717, 1.165) is 16.9 Å². The minimum atomic E-state index is -0.161. The molecular formula is C23H19N5O. The number of aromatic nitrogens is 3. The molecule has 0 radical (unpaired) electrons. The van der Waals surface area contributed by atoms with Crippen LogP contribution in [0.25, 0.3) is 0 Å². The number of aryl methyl sites for hydroxylation is 1. The Morgan fingerprint density at radius 1 is 0.862 bits per heavy atom. The minimum absolute atomic E-state index is 0.161. The highest BCUT2D eigenvalue weighted by Crippen LogP contribution is 2.32. The maximum Gasteiger partial charge on any atom is 0.255 e. The van der Waals surface area contributed by atoms with Gasteiger partial charge in [0.1, 0.15) is 0 Å². The smallest absolute Gasteiger partial charge is 0.255 e. The van der Waals surface area contributed by atoms with Gasteiger partial charge in [-0.2, -0.15) is 0 Å². The second-order valence-electron chi connectivity index (χ2n) is 6.47. The number of nitrogens with zero attached hydrogens (tertiary/aromatic N) is 4. The number of anilines is 4. The molecule has 0 atom stereocenters. The summed E-state index contributed by atoms with van der Waals surface area (Å²) >= 11 is 0. The molecule has 6 heteroatoms. The molecular weight excluding hydrogens is 362 g/mol. The summed E-state index contributed by atoms with van der Waals surface area (Å²) in [4.78, 5) is 27.4. The number of carbonyl (C=O) groups excluding carboxylic acids is 1. The van der Waals surface area contributed by atoms with Gasteiger partial charge in [-0.05, 0) is 55.5 Å². The van der Waals surface area contributed by atoms with Gasteiger partial charge in [-0.3, -0.25) is 14.7 Å². The fourth-order valence-electron chi connectivity index (χ4n) is 2.90. The predicted octanol–water partition coefficient (Wildman–Crippen LogP) is 4.90. The first-order valence-electron chi connectivity index (χ1n) is 9.16. The van der Waals surface area contributed by atoms with Gasteiger partial charge in [0.05, 0.1) is 17.6 Å². The van der Waals surface area contributed by atoms with Crippen LogP contribution in [0.5, 0.6) is 0 Å². The summed E-state index contributed by atoms with van der Waals surface area (Å²) in [6, 6.07) is 20.6. The Bertz CT molecular complexity index is 1060. The van der Waals surface area contributed by atoms with Crippen LogP contribution in [0.3, 0.4) is 0 Å². The van der Waals surface area contributed by atoms with Crippen LogP contribution < -0.4 is 10.2 Å². The third kappa shape index (κ3) is 4.27. The molecule has 4 rings (SSSR count). The van der Waals surface area contributed by atoms with Gasteiger partial charge in [0.2, 0.25) is 5.95 Å². The first-order valence-corrected chi connectivity index (χ1v) is 9.16. The lowest BCUT2D eigenvalue weighted by atomic mass is 10.1. The number of hydrogen-bond donors (Lipinski definition) is 1. The van der Waals surface area contributed by atoms with Gasteiger partial charge in [0.25, 0.3) is 5.91 Å². The van der Waals surface area contributed by atoms with E-state index >= 15 is 0 Å². The van der Waals surface area contributed by atoms with Crippen molar-refractivity contribution in [2.75, 3.05) is 10.2 Å². The van der Waals surface area contributed by atoms with Crippen LogP contribution in [0.15, 0.2) is 91.5 Å². The van der Waals surface area contributed by atoms with Gasteiger partial charge >= 0.3 is 0 Å². The first kappa shape index (κ1) is 18.3. The molecule has 2 heterocycles. The zero-order valence-corrected chi connectivity index (χ0v) is 15.9. The topological polar surface area (TPSA) is 71.0 Å². The summed E-state index contributed by atoms with van der Waals surface area (Å²) in [6.07, 6.45) is 6.84. The third-order valence-corrected chi connectivity index (χ3v) is 4.33. The zero-order chi connectivity index (χ0) is 20.1. The molecule has 2 aromatic heterocycles. The van der Waals surface area contributed by atoms with E-state index in [1.807, 2.05) is 72.5 Å². The van der Waals surface area contributed by atoms with E-state index in [1.165, 1.54) is 0 Å². The van der Waals surface area contributed by atoms with Crippen molar-refractivity contribution in [2.24, 2.45) is 0 Å². The molecule has 6 nitrogen and oxygen atoms in total. The molecule has 4 aromatic rings. The molecule has 0 saturated carbocycles. The Morgan fingerprint density at radius 3 is 2.34 bits per heavy atom. The van der Waals surface area contributed by atoms with E-state index in [0.29, 0.717) is 17.2 Å². The second kappa shape index (κ2) is 8.31. The van der Waals surface area contributed by atoms with E-state index in [1.54, 1.807) is 30.9 Å².